The van der Waals surface area contributed by atoms with Crippen LogP contribution in [0.3, 0.4) is 0 Å². The Morgan fingerprint density at radius 3 is 2.00 bits per heavy atom. The lowest BCUT2D eigenvalue weighted by Crippen LogP contribution is -2.19. The molecule has 1 rings (SSSR count). The van der Waals surface area contributed by atoms with Crippen LogP contribution in [0.5, 0.6) is 17.2 Å². The third-order valence-corrected chi connectivity index (χ3v) is 2.11. The maximum absolute atomic E-state index is 8.68. The number of nitrogens with zero attached hydrogens (tertiary/aromatic N) is 2. The van der Waals surface area contributed by atoms with Crippen molar-refractivity contribution >= 4 is 5.69 Å². The first-order chi connectivity index (χ1) is 8.15. The monoisotopic (exact) mass is 237 g/mol. The molecule has 0 radical (unpaired) electrons. The van der Waals surface area contributed by atoms with Crippen molar-refractivity contribution in [2.45, 2.75) is 0 Å². The van der Waals surface area contributed by atoms with E-state index in [0.717, 1.165) is 0 Å². The number of ether oxygens (including phenoxy) is 3. The molecular weight excluding hydrogens is 222 g/mol. The first kappa shape index (κ1) is 12.8. The Hall–Kier alpha value is -2.29. The fraction of sp³-hybridized carbons (Fsp3) is 0.364. The lowest BCUT2D eigenvalue weighted by atomic mass is 10.2. The summed E-state index contributed by atoms with van der Waals surface area (Å²) in [5.74, 6) is 1.57. The quantitative estimate of drug-likeness (QED) is 0.475. The van der Waals surface area contributed by atoms with Crippen LogP contribution in [0.15, 0.2) is 12.1 Å². The minimum Gasteiger partial charge on any atom is -0.493 e. The molecule has 6 heteroatoms. The number of nitriles is 1. The molecule has 1 aromatic carbocycles. The van der Waals surface area contributed by atoms with E-state index < -0.39 is 0 Å². The summed E-state index contributed by atoms with van der Waals surface area (Å²) in [6.45, 7) is 0. The zero-order valence-corrected chi connectivity index (χ0v) is 10.3. The molecule has 17 heavy (non-hydrogen) atoms. The van der Waals surface area contributed by atoms with E-state index in [-0.39, 0.29) is 0 Å². The zero-order chi connectivity index (χ0) is 12.8. The van der Waals surface area contributed by atoms with E-state index >= 15 is 0 Å². The van der Waals surface area contributed by atoms with Crippen LogP contribution in [0.25, 0.3) is 0 Å². The van der Waals surface area contributed by atoms with Crippen LogP contribution < -0.4 is 19.6 Å². The summed E-state index contributed by atoms with van der Waals surface area (Å²) in [6, 6.07) is 3.43. The van der Waals surface area contributed by atoms with Crippen molar-refractivity contribution in [2.24, 2.45) is 0 Å². The highest BCUT2D eigenvalue weighted by molar-refractivity contribution is 5.62. The maximum Gasteiger partial charge on any atom is 0.203 e. The molecule has 0 aliphatic rings. The predicted octanol–water partition coefficient (Wildman–Crippen LogP) is 1.45. The van der Waals surface area contributed by atoms with Gasteiger partial charge in [-0.2, -0.15) is 5.26 Å². The number of hydrogen-bond acceptors (Lipinski definition) is 6. The molecule has 1 N–H and O–H groups in total. The number of anilines is 1. The number of hydrogen-bond donors (Lipinski definition) is 1. The molecular formula is C11H15N3O3. The molecule has 0 heterocycles. The molecule has 0 aliphatic carbocycles. The summed E-state index contributed by atoms with van der Waals surface area (Å²) < 4.78 is 15.6. The second kappa shape index (κ2) is 5.70. The maximum atomic E-state index is 8.68. The SMILES string of the molecule is COc1cc(NN(C)C#N)cc(OC)c1OC. The summed E-state index contributed by atoms with van der Waals surface area (Å²) in [4.78, 5) is 0. The Bertz CT molecular complexity index is 403. The second-order valence-electron chi connectivity index (χ2n) is 3.18. The summed E-state index contributed by atoms with van der Waals surface area (Å²) in [6.07, 6.45) is 1.93. The van der Waals surface area contributed by atoms with E-state index in [9.17, 15) is 0 Å². The van der Waals surface area contributed by atoms with Crippen molar-refractivity contribution in [2.75, 3.05) is 33.8 Å². The van der Waals surface area contributed by atoms with Crippen molar-refractivity contribution < 1.29 is 14.2 Å². The lowest BCUT2D eigenvalue weighted by Gasteiger charge is -2.17. The van der Waals surface area contributed by atoms with Crippen molar-refractivity contribution in [1.82, 2.24) is 5.01 Å². The lowest BCUT2D eigenvalue weighted by molar-refractivity contribution is 0.324. The zero-order valence-electron chi connectivity index (χ0n) is 10.3. The van der Waals surface area contributed by atoms with Crippen molar-refractivity contribution in [3.05, 3.63) is 12.1 Å². The van der Waals surface area contributed by atoms with Crippen LogP contribution in [-0.4, -0.2) is 33.4 Å². The van der Waals surface area contributed by atoms with Crippen molar-refractivity contribution in [1.29, 1.82) is 5.26 Å². The Kier molecular flexibility index (Phi) is 4.29. The second-order valence-corrected chi connectivity index (χ2v) is 3.18. The Morgan fingerprint density at radius 1 is 1.12 bits per heavy atom. The van der Waals surface area contributed by atoms with Gasteiger partial charge in [0.2, 0.25) is 5.75 Å². The molecule has 0 aliphatic heterocycles. The molecule has 1 aromatic rings. The molecule has 0 fully saturated rings. The minimum atomic E-state index is 0.514. The topological polar surface area (TPSA) is 66.8 Å². The fourth-order valence-corrected chi connectivity index (χ4v) is 1.36. The summed E-state index contributed by atoms with van der Waals surface area (Å²) in [5, 5.41) is 9.94. The normalized spacial score (nSPS) is 9.12. The van der Waals surface area contributed by atoms with Gasteiger partial charge >= 0.3 is 0 Å². The van der Waals surface area contributed by atoms with Gasteiger partial charge in [-0.1, -0.05) is 0 Å². The van der Waals surface area contributed by atoms with Gasteiger partial charge in [-0.15, -0.1) is 0 Å². The van der Waals surface area contributed by atoms with E-state index in [0.29, 0.717) is 22.9 Å². The smallest absolute Gasteiger partial charge is 0.203 e. The molecule has 0 bridgehead atoms. The van der Waals surface area contributed by atoms with E-state index in [1.807, 2.05) is 6.19 Å². The Labute approximate surface area is 100 Å². The Balaban J connectivity index is 3.14. The van der Waals surface area contributed by atoms with Gasteiger partial charge in [0.25, 0.3) is 0 Å². The highest BCUT2D eigenvalue weighted by atomic mass is 16.5. The molecule has 0 spiro atoms. The summed E-state index contributed by atoms with van der Waals surface area (Å²) in [5.41, 5.74) is 3.52. The van der Waals surface area contributed by atoms with Crippen LogP contribution in [0, 0.1) is 11.5 Å². The number of methoxy groups -OCH3 is 3. The number of hydrazine groups is 1. The van der Waals surface area contributed by atoms with Crippen molar-refractivity contribution in [3.63, 3.8) is 0 Å². The summed E-state index contributed by atoms with van der Waals surface area (Å²) in [7, 11) is 6.21. The first-order valence-electron chi connectivity index (χ1n) is 4.86. The van der Waals surface area contributed by atoms with Gasteiger partial charge in [-0.3, -0.25) is 5.43 Å². The molecule has 0 atom stereocenters. The van der Waals surface area contributed by atoms with Gasteiger partial charge in [0.05, 0.1) is 27.0 Å². The predicted molar refractivity (Wildman–Crippen MR) is 63.1 cm³/mol. The van der Waals surface area contributed by atoms with Crippen LogP contribution in [0.2, 0.25) is 0 Å². The summed E-state index contributed by atoms with van der Waals surface area (Å²) >= 11 is 0. The molecule has 0 unspecified atom stereocenters. The third-order valence-electron chi connectivity index (χ3n) is 2.11. The molecule has 92 valence electrons. The van der Waals surface area contributed by atoms with E-state index in [1.54, 1.807) is 19.2 Å². The fourth-order valence-electron chi connectivity index (χ4n) is 1.36. The number of nitrogens with one attached hydrogen (secondary N) is 1. The van der Waals surface area contributed by atoms with E-state index in [4.69, 9.17) is 19.5 Å². The molecule has 0 saturated carbocycles. The van der Waals surface area contributed by atoms with Crippen LogP contribution in [0.4, 0.5) is 5.69 Å². The largest absolute Gasteiger partial charge is 0.493 e. The van der Waals surface area contributed by atoms with Crippen LogP contribution >= 0.6 is 0 Å². The highest BCUT2D eigenvalue weighted by Crippen LogP contribution is 2.39. The standard InChI is InChI=1S/C11H15N3O3/c1-14(7-12)13-8-5-9(15-2)11(17-4)10(6-8)16-3/h5-6,13H,1-4H3. The van der Waals surface area contributed by atoms with Crippen LogP contribution in [-0.2, 0) is 0 Å². The van der Waals surface area contributed by atoms with Gasteiger partial charge < -0.3 is 14.2 Å². The average molecular weight is 237 g/mol. The van der Waals surface area contributed by atoms with E-state index in [1.165, 1.54) is 26.3 Å². The molecule has 6 nitrogen and oxygen atoms in total. The van der Waals surface area contributed by atoms with Crippen molar-refractivity contribution in [3.8, 4) is 23.4 Å². The van der Waals surface area contributed by atoms with Gasteiger partial charge in [0.15, 0.2) is 17.7 Å². The van der Waals surface area contributed by atoms with E-state index in [2.05, 4.69) is 5.43 Å². The third kappa shape index (κ3) is 2.84. The van der Waals surface area contributed by atoms with Crippen LogP contribution in [0.1, 0.15) is 0 Å². The first-order valence-corrected chi connectivity index (χ1v) is 4.86. The number of rotatable bonds is 5. The van der Waals surface area contributed by atoms with Gasteiger partial charge in [0, 0.05) is 19.2 Å². The minimum absolute atomic E-state index is 0.514. The van der Waals surface area contributed by atoms with Gasteiger partial charge in [0.1, 0.15) is 0 Å². The number of benzene rings is 1. The molecule has 0 saturated heterocycles. The van der Waals surface area contributed by atoms with Gasteiger partial charge in [-0.25, -0.2) is 5.01 Å². The Morgan fingerprint density at radius 2 is 1.65 bits per heavy atom. The highest BCUT2D eigenvalue weighted by Gasteiger charge is 2.13. The molecule has 0 amide bonds. The van der Waals surface area contributed by atoms with Gasteiger partial charge in [-0.05, 0) is 0 Å². The average Bonchev–Trinajstić information content (AvgIpc) is 2.37. The molecule has 0 aromatic heterocycles.